The van der Waals surface area contributed by atoms with Gasteiger partial charge in [0.1, 0.15) is 5.60 Å². The Kier molecular flexibility index (Phi) is 30.6. The van der Waals surface area contributed by atoms with Gasteiger partial charge in [0.05, 0.1) is 59.5 Å². The summed E-state index contributed by atoms with van der Waals surface area (Å²) in [6, 6.07) is 0. The molecular weight excluding hydrogens is 776 g/mol. The van der Waals surface area contributed by atoms with E-state index in [1.54, 1.807) is 0 Å². The zero-order valence-electron chi connectivity index (χ0n) is 31.2. The molecule has 0 spiro atoms. The Labute approximate surface area is 309 Å². The average molecular weight is 841 g/mol. The first kappa shape index (κ1) is 52.3. The van der Waals surface area contributed by atoms with Gasteiger partial charge >= 0.3 is 31.3 Å². The van der Waals surface area contributed by atoms with Crippen LogP contribution >= 0.6 is 31.3 Å². The van der Waals surface area contributed by atoms with Crippen LogP contribution in [-0.2, 0) is 68.7 Å². The van der Waals surface area contributed by atoms with Crippen molar-refractivity contribution in [1.29, 1.82) is 0 Å². The standard InChI is InChI=1S/C29H64O19P4/c1-5-8-11-20-42-50(32,33)45-23-14-17-39-26-29(28-48-49(30,31)38-4,41-19-16-25-47-52(36,37)44-22-13-10-7-3)27-40-18-15-24-46-51(34,35)43-21-12-9-6-2/h5-28H2,1-4H3,(H,30,31)(H,32,33)(H,34,35)(H,36,37). The SMILES string of the molecule is CCCCCOP(=O)(O)OCCCOCC(COCCCOP(=O)(O)OCCCCC)(COP(=O)(O)OC)OCCCOP(=O)(O)OCCCCC. The Bertz CT molecular complexity index is 1020. The minimum absolute atomic E-state index is 0.00787. The molecule has 0 aromatic rings. The molecule has 0 aliphatic carbocycles. The van der Waals surface area contributed by atoms with Gasteiger partial charge in [-0.25, -0.2) is 18.3 Å². The third kappa shape index (κ3) is 30.5. The summed E-state index contributed by atoms with van der Waals surface area (Å²) >= 11 is 0. The summed E-state index contributed by atoms with van der Waals surface area (Å²) in [6.45, 7) is 4.35. The highest BCUT2D eigenvalue weighted by molar-refractivity contribution is 7.48. The number of rotatable bonds is 39. The number of hydrogen-bond acceptors (Lipinski definition) is 15. The predicted octanol–water partition coefficient (Wildman–Crippen LogP) is 6.68. The number of ether oxygens (including phenoxy) is 3. The van der Waals surface area contributed by atoms with E-state index >= 15 is 0 Å². The van der Waals surface area contributed by atoms with Crippen molar-refractivity contribution in [2.75, 3.05) is 86.4 Å². The predicted molar refractivity (Wildman–Crippen MR) is 191 cm³/mol. The summed E-state index contributed by atoms with van der Waals surface area (Å²) in [5.74, 6) is 0. The van der Waals surface area contributed by atoms with Gasteiger partial charge in [0.25, 0.3) is 0 Å². The summed E-state index contributed by atoms with van der Waals surface area (Å²) in [4.78, 5) is 39.5. The van der Waals surface area contributed by atoms with Crippen molar-refractivity contribution in [2.24, 2.45) is 0 Å². The molecule has 0 heterocycles. The number of phosphoric ester groups is 4. The molecule has 0 saturated carbocycles. The molecule has 0 aliphatic heterocycles. The summed E-state index contributed by atoms with van der Waals surface area (Å²) in [6.07, 6.45) is 7.50. The molecule has 0 rings (SSSR count). The fourth-order valence-electron chi connectivity index (χ4n) is 3.94. The molecule has 0 saturated heterocycles. The van der Waals surface area contributed by atoms with Gasteiger partial charge in [0.15, 0.2) is 0 Å². The Balaban J connectivity index is 5.35. The maximum absolute atomic E-state index is 12.2. The molecule has 0 radical (unpaired) electrons. The first-order valence-electron chi connectivity index (χ1n) is 17.7. The Morgan fingerprint density at radius 1 is 0.404 bits per heavy atom. The maximum Gasteiger partial charge on any atom is 0.472 e. The third-order valence-corrected chi connectivity index (χ3v) is 10.8. The lowest BCUT2D eigenvalue weighted by Gasteiger charge is -2.33. The molecule has 0 fully saturated rings. The highest BCUT2D eigenvalue weighted by Crippen LogP contribution is 2.45. The molecule has 23 heteroatoms. The highest BCUT2D eigenvalue weighted by atomic mass is 31.2. The van der Waals surface area contributed by atoms with Gasteiger partial charge in [0.2, 0.25) is 0 Å². The number of hydrogen-bond donors (Lipinski definition) is 4. The van der Waals surface area contributed by atoms with Gasteiger partial charge in [-0.05, 0) is 38.5 Å². The third-order valence-electron chi connectivity index (χ3n) is 6.78. The van der Waals surface area contributed by atoms with Crippen LogP contribution in [0.1, 0.15) is 97.8 Å². The van der Waals surface area contributed by atoms with Crippen molar-refractivity contribution in [1.82, 2.24) is 0 Å². The van der Waals surface area contributed by atoms with Crippen LogP contribution in [0.4, 0.5) is 0 Å². The first-order chi connectivity index (χ1) is 24.6. The summed E-state index contributed by atoms with van der Waals surface area (Å²) in [7, 11) is -16.3. The fourth-order valence-corrected chi connectivity index (χ4v) is 6.82. The molecule has 4 N–H and O–H groups in total. The first-order valence-corrected chi connectivity index (χ1v) is 23.7. The number of unbranched alkanes of at least 4 members (excludes halogenated alkanes) is 6. The van der Waals surface area contributed by atoms with E-state index in [1.807, 2.05) is 20.8 Å². The van der Waals surface area contributed by atoms with Crippen molar-refractivity contribution in [3.05, 3.63) is 0 Å². The maximum atomic E-state index is 12.2. The van der Waals surface area contributed by atoms with Crippen molar-refractivity contribution >= 4 is 31.3 Å². The van der Waals surface area contributed by atoms with E-state index in [4.69, 9.17) is 45.9 Å². The van der Waals surface area contributed by atoms with Crippen LogP contribution in [0.15, 0.2) is 0 Å². The fraction of sp³-hybridized carbons (Fsp3) is 1.00. The molecule has 0 amide bonds. The molecule has 0 aromatic heterocycles. The Hall–Kier alpha value is 0.320. The quantitative estimate of drug-likeness (QED) is 0.0372. The van der Waals surface area contributed by atoms with Crippen molar-refractivity contribution in [2.45, 2.75) is 103 Å². The van der Waals surface area contributed by atoms with Gasteiger partial charge < -0.3 is 33.8 Å². The minimum Gasteiger partial charge on any atom is -0.378 e. The minimum atomic E-state index is -4.51. The second kappa shape index (κ2) is 30.5. The molecule has 0 aromatic carbocycles. The zero-order valence-corrected chi connectivity index (χ0v) is 34.7. The zero-order chi connectivity index (χ0) is 39.2. The van der Waals surface area contributed by atoms with E-state index in [2.05, 4.69) is 4.52 Å². The van der Waals surface area contributed by atoms with Crippen LogP contribution in [0, 0.1) is 0 Å². The van der Waals surface area contributed by atoms with Gasteiger partial charge in [-0.2, -0.15) is 0 Å². The molecular formula is C29H64O19P4. The van der Waals surface area contributed by atoms with E-state index < -0.39 is 43.5 Å². The second-order valence-corrected chi connectivity index (χ2v) is 17.6. The molecule has 0 aliphatic rings. The van der Waals surface area contributed by atoms with Crippen LogP contribution in [-0.4, -0.2) is 112 Å². The highest BCUT2D eigenvalue weighted by Gasteiger charge is 2.37. The molecule has 4 unspecified atom stereocenters. The largest absolute Gasteiger partial charge is 0.472 e. The summed E-state index contributed by atoms with van der Waals surface area (Å²) < 4.78 is 105. The van der Waals surface area contributed by atoms with Crippen LogP contribution in [0.3, 0.4) is 0 Å². The van der Waals surface area contributed by atoms with Gasteiger partial charge in [0, 0.05) is 26.9 Å². The molecule has 19 nitrogen and oxygen atoms in total. The van der Waals surface area contributed by atoms with Crippen molar-refractivity contribution in [3.8, 4) is 0 Å². The smallest absolute Gasteiger partial charge is 0.378 e. The van der Waals surface area contributed by atoms with Gasteiger partial charge in [-0.1, -0.05) is 59.3 Å². The van der Waals surface area contributed by atoms with E-state index in [-0.39, 0.29) is 91.9 Å². The van der Waals surface area contributed by atoms with E-state index in [0.717, 1.165) is 45.6 Å². The monoisotopic (exact) mass is 840 g/mol. The average Bonchev–Trinajstić information content (AvgIpc) is 3.09. The molecule has 0 bridgehead atoms. The normalized spacial score (nSPS) is 17.9. The van der Waals surface area contributed by atoms with Gasteiger partial charge in [-0.3, -0.25) is 36.2 Å². The lowest BCUT2D eigenvalue weighted by atomic mass is 10.1. The summed E-state index contributed by atoms with van der Waals surface area (Å²) in [5.41, 5.74) is -1.55. The van der Waals surface area contributed by atoms with E-state index in [0.29, 0.717) is 19.3 Å². The van der Waals surface area contributed by atoms with Crippen LogP contribution in [0.25, 0.3) is 0 Å². The number of phosphoric acid groups is 4. The van der Waals surface area contributed by atoms with Gasteiger partial charge in [-0.15, -0.1) is 0 Å². The lowest BCUT2D eigenvalue weighted by Crippen LogP contribution is -2.47. The molecule has 314 valence electrons. The summed E-state index contributed by atoms with van der Waals surface area (Å²) in [5, 5.41) is 0. The topological polar surface area (TPSA) is 251 Å². The van der Waals surface area contributed by atoms with E-state index in [9.17, 15) is 37.8 Å². The van der Waals surface area contributed by atoms with Crippen LogP contribution in [0.5, 0.6) is 0 Å². The lowest BCUT2D eigenvalue weighted by molar-refractivity contribution is -0.157. The van der Waals surface area contributed by atoms with Crippen molar-refractivity contribution < 1.29 is 88.2 Å². The second-order valence-electron chi connectivity index (χ2n) is 11.6. The van der Waals surface area contributed by atoms with Crippen LogP contribution < -0.4 is 0 Å². The van der Waals surface area contributed by atoms with Crippen molar-refractivity contribution in [3.63, 3.8) is 0 Å². The van der Waals surface area contributed by atoms with E-state index in [1.165, 1.54) is 0 Å². The Morgan fingerprint density at radius 2 is 0.731 bits per heavy atom. The van der Waals surface area contributed by atoms with Crippen LogP contribution in [0.2, 0.25) is 0 Å². The molecule has 52 heavy (non-hydrogen) atoms. The molecule has 4 atom stereocenters. The Morgan fingerprint density at radius 3 is 1.06 bits per heavy atom.